The lowest BCUT2D eigenvalue weighted by atomic mass is 9.83. The van der Waals surface area contributed by atoms with Crippen molar-refractivity contribution in [1.29, 1.82) is 0 Å². The number of nitrogens with zero attached hydrogens (tertiary/aromatic N) is 2. The van der Waals surface area contributed by atoms with Crippen LogP contribution in [0.1, 0.15) is 55.6 Å². The van der Waals surface area contributed by atoms with E-state index in [2.05, 4.69) is 12.0 Å². The van der Waals surface area contributed by atoms with Gasteiger partial charge in [0, 0.05) is 6.20 Å². The van der Waals surface area contributed by atoms with E-state index in [4.69, 9.17) is 5.11 Å². The Labute approximate surface area is 95.3 Å². The fourth-order valence-electron chi connectivity index (χ4n) is 2.65. The SMILES string of the molecule is CCC1CCCCC1n1ccc(C(=O)O)n1. The van der Waals surface area contributed by atoms with Crippen molar-refractivity contribution in [1.82, 2.24) is 9.78 Å². The summed E-state index contributed by atoms with van der Waals surface area (Å²) >= 11 is 0. The standard InChI is InChI=1S/C12H18N2O2/c1-2-9-5-3-4-6-11(9)14-8-7-10(13-14)12(15)16/h7-9,11H,2-6H2,1H3,(H,15,16). The molecular weight excluding hydrogens is 204 g/mol. The molecule has 4 nitrogen and oxygen atoms in total. The maximum atomic E-state index is 10.8. The summed E-state index contributed by atoms with van der Waals surface area (Å²) in [5, 5.41) is 13.0. The summed E-state index contributed by atoms with van der Waals surface area (Å²) in [5.74, 6) is -0.294. The van der Waals surface area contributed by atoms with Crippen molar-refractivity contribution >= 4 is 5.97 Å². The fourth-order valence-corrected chi connectivity index (χ4v) is 2.65. The molecule has 0 radical (unpaired) electrons. The predicted molar refractivity (Wildman–Crippen MR) is 60.5 cm³/mol. The lowest BCUT2D eigenvalue weighted by Crippen LogP contribution is -2.23. The second-order valence-corrected chi connectivity index (χ2v) is 4.51. The zero-order chi connectivity index (χ0) is 11.5. The van der Waals surface area contributed by atoms with Crippen LogP contribution in [0.2, 0.25) is 0 Å². The summed E-state index contributed by atoms with van der Waals surface area (Å²) in [4.78, 5) is 10.8. The van der Waals surface area contributed by atoms with Crippen LogP contribution in [0.3, 0.4) is 0 Å². The molecule has 2 rings (SSSR count). The van der Waals surface area contributed by atoms with Gasteiger partial charge in [0.15, 0.2) is 5.69 Å². The first-order valence-electron chi connectivity index (χ1n) is 6.00. The van der Waals surface area contributed by atoms with E-state index >= 15 is 0 Å². The molecule has 16 heavy (non-hydrogen) atoms. The zero-order valence-corrected chi connectivity index (χ0v) is 9.59. The highest BCUT2D eigenvalue weighted by Gasteiger charge is 2.26. The van der Waals surface area contributed by atoms with Crippen molar-refractivity contribution in [3.8, 4) is 0 Å². The van der Waals surface area contributed by atoms with Crippen LogP contribution in [0.25, 0.3) is 0 Å². The van der Waals surface area contributed by atoms with Gasteiger partial charge in [-0.1, -0.05) is 26.2 Å². The van der Waals surface area contributed by atoms with Crippen molar-refractivity contribution in [3.63, 3.8) is 0 Å². The van der Waals surface area contributed by atoms with Crippen molar-refractivity contribution in [2.45, 2.75) is 45.1 Å². The molecule has 0 spiro atoms. The molecule has 1 aromatic heterocycles. The summed E-state index contributed by atoms with van der Waals surface area (Å²) in [7, 11) is 0. The van der Waals surface area contributed by atoms with Gasteiger partial charge < -0.3 is 5.11 Å². The molecule has 4 heteroatoms. The number of carboxylic acids is 1. The fraction of sp³-hybridized carbons (Fsp3) is 0.667. The third-order valence-electron chi connectivity index (χ3n) is 3.56. The highest BCUT2D eigenvalue weighted by atomic mass is 16.4. The number of carboxylic acid groups (broad SMARTS) is 1. The van der Waals surface area contributed by atoms with E-state index in [0.717, 1.165) is 12.8 Å². The molecule has 1 aromatic rings. The molecule has 1 N–H and O–H groups in total. The van der Waals surface area contributed by atoms with Crippen LogP contribution in [0.5, 0.6) is 0 Å². The molecule has 0 aromatic carbocycles. The molecule has 1 aliphatic rings. The largest absolute Gasteiger partial charge is 0.476 e. The van der Waals surface area contributed by atoms with Gasteiger partial charge in [0.25, 0.3) is 0 Å². The molecular formula is C12H18N2O2. The van der Waals surface area contributed by atoms with E-state index in [1.165, 1.54) is 19.3 Å². The van der Waals surface area contributed by atoms with Crippen LogP contribution < -0.4 is 0 Å². The molecule has 88 valence electrons. The first kappa shape index (κ1) is 11.2. The molecule has 0 saturated heterocycles. The van der Waals surface area contributed by atoms with Crippen molar-refractivity contribution in [3.05, 3.63) is 18.0 Å². The smallest absolute Gasteiger partial charge is 0.356 e. The summed E-state index contributed by atoms with van der Waals surface area (Å²) in [5.41, 5.74) is 0.153. The van der Waals surface area contributed by atoms with Gasteiger partial charge in [-0.15, -0.1) is 0 Å². The second-order valence-electron chi connectivity index (χ2n) is 4.51. The first-order valence-corrected chi connectivity index (χ1v) is 6.00. The van der Waals surface area contributed by atoms with Crippen molar-refractivity contribution < 1.29 is 9.90 Å². The minimum atomic E-state index is -0.942. The molecule has 0 bridgehead atoms. The predicted octanol–water partition coefficient (Wildman–Crippen LogP) is 2.72. The van der Waals surface area contributed by atoms with E-state index in [9.17, 15) is 4.79 Å². The minimum absolute atomic E-state index is 0.153. The monoisotopic (exact) mass is 222 g/mol. The molecule has 0 amide bonds. The third kappa shape index (κ3) is 2.10. The number of rotatable bonds is 3. The van der Waals surface area contributed by atoms with Gasteiger partial charge in [-0.25, -0.2) is 4.79 Å². The summed E-state index contributed by atoms with van der Waals surface area (Å²) in [6.45, 7) is 2.20. The topological polar surface area (TPSA) is 55.1 Å². The van der Waals surface area contributed by atoms with Crippen LogP contribution >= 0.6 is 0 Å². The van der Waals surface area contributed by atoms with Gasteiger partial charge in [-0.2, -0.15) is 5.10 Å². The van der Waals surface area contributed by atoms with E-state index in [-0.39, 0.29) is 5.69 Å². The van der Waals surface area contributed by atoms with Gasteiger partial charge in [0.05, 0.1) is 6.04 Å². The maximum absolute atomic E-state index is 10.8. The molecule has 1 heterocycles. The number of aromatic nitrogens is 2. The summed E-state index contributed by atoms with van der Waals surface area (Å²) in [6.07, 6.45) is 7.84. The van der Waals surface area contributed by atoms with Gasteiger partial charge in [-0.3, -0.25) is 4.68 Å². The lowest BCUT2D eigenvalue weighted by Gasteiger charge is -2.30. The summed E-state index contributed by atoms with van der Waals surface area (Å²) < 4.78 is 1.86. The second kappa shape index (κ2) is 4.68. The number of hydrogen-bond acceptors (Lipinski definition) is 2. The third-order valence-corrected chi connectivity index (χ3v) is 3.56. The Hall–Kier alpha value is -1.32. The lowest BCUT2D eigenvalue weighted by molar-refractivity contribution is 0.0688. The zero-order valence-electron chi connectivity index (χ0n) is 9.59. The van der Waals surface area contributed by atoms with Crippen LogP contribution in [0, 0.1) is 5.92 Å². The number of carbonyl (C=O) groups is 1. The average Bonchev–Trinajstić information content (AvgIpc) is 2.78. The normalized spacial score (nSPS) is 25.6. The quantitative estimate of drug-likeness (QED) is 0.855. The number of hydrogen-bond donors (Lipinski definition) is 1. The highest BCUT2D eigenvalue weighted by molar-refractivity contribution is 5.85. The van der Waals surface area contributed by atoms with Crippen molar-refractivity contribution in [2.75, 3.05) is 0 Å². The Morgan fingerprint density at radius 2 is 2.31 bits per heavy atom. The Bertz CT molecular complexity index is 373. The molecule has 1 aliphatic carbocycles. The van der Waals surface area contributed by atoms with Gasteiger partial charge in [-0.05, 0) is 24.8 Å². The molecule has 1 fully saturated rings. The van der Waals surface area contributed by atoms with Gasteiger partial charge in [0.2, 0.25) is 0 Å². The maximum Gasteiger partial charge on any atom is 0.356 e. The highest BCUT2D eigenvalue weighted by Crippen LogP contribution is 2.35. The molecule has 0 aliphatic heterocycles. The minimum Gasteiger partial charge on any atom is -0.476 e. The Balaban J connectivity index is 2.17. The van der Waals surface area contributed by atoms with Gasteiger partial charge >= 0.3 is 5.97 Å². The van der Waals surface area contributed by atoms with E-state index in [1.807, 2.05) is 10.9 Å². The molecule has 1 saturated carbocycles. The van der Waals surface area contributed by atoms with E-state index < -0.39 is 5.97 Å². The van der Waals surface area contributed by atoms with Crippen LogP contribution in [-0.2, 0) is 0 Å². The van der Waals surface area contributed by atoms with Crippen molar-refractivity contribution in [2.24, 2.45) is 5.92 Å². The van der Waals surface area contributed by atoms with Gasteiger partial charge in [0.1, 0.15) is 0 Å². The van der Waals surface area contributed by atoms with Crippen LogP contribution in [0.15, 0.2) is 12.3 Å². The first-order chi connectivity index (χ1) is 7.72. The average molecular weight is 222 g/mol. The molecule has 2 unspecified atom stereocenters. The molecule has 2 atom stereocenters. The Morgan fingerprint density at radius 3 is 2.94 bits per heavy atom. The van der Waals surface area contributed by atoms with E-state index in [1.54, 1.807) is 6.07 Å². The van der Waals surface area contributed by atoms with Crippen LogP contribution in [0.4, 0.5) is 0 Å². The van der Waals surface area contributed by atoms with E-state index in [0.29, 0.717) is 12.0 Å². The van der Waals surface area contributed by atoms with Crippen LogP contribution in [-0.4, -0.2) is 20.9 Å². The summed E-state index contributed by atoms with van der Waals surface area (Å²) in [6, 6.07) is 1.98. The Morgan fingerprint density at radius 1 is 1.56 bits per heavy atom. The number of aromatic carboxylic acids is 1. The Kier molecular flexibility index (Phi) is 3.27.